The lowest BCUT2D eigenvalue weighted by molar-refractivity contribution is -0.116. The Labute approximate surface area is 54.9 Å². The second-order valence-electron chi connectivity index (χ2n) is 2.58. The summed E-state index contributed by atoms with van der Waals surface area (Å²) in [7, 11) is 0. The monoisotopic (exact) mass is 125 g/mol. The van der Waals surface area contributed by atoms with Crippen molar-refractivity contribution in [3.8, 4) is 0 Å². The van der Waals surface area contributed by atoms with E-state index in [4.69, 9.17) is 0 Å². The van der Waals surface area contributed by atoms with Crippen molar-refractivity contribution in [3.05, 3.63) is 12.2 Å². The van der Waals surface area contributed by atoms with Crippen LogP contribution in [0.2, 0.25) is 0 Å². The molecule has 2 nitrogen and oxygen atoms in total. The molecule has 0 saturated carbocycles. The summed E-state index contributed by atoms with van der Waals surface area (Å²) in [5, 5.41) is 2.78. The number of rotatable bonds is 0. The third-order valence-electron chi connectivity index (χ3n) is 1.95. The van der Waals surface area contributed by atoms with Gasteiger partial charge in [0.25, 0.3) is 0 Å². The summed E-state index contributed by atoms with van der Waals surface area (Å²) < 4.78 is 0. The lowest BCUT2D eigenvalue weighted by Crippen LogP contribution is -2.24. The van der Waals surface area contributed by atoms with Crippen molar-refractivity contribution < 1.29 is 4.79 Å². The molecule has 2 unspecified atom stereocenters. The lowest BCUT2D eigenvalue weighted by Gasteiger charge is -2.05. The first-order valence-corrected chi connectivity index (χ1v) is 3.12. The Morgan fingerprint density at radius 2 is 2.11 bits per heavy atom. The van der Waals surface area contributed by atoms with Crippen molar-refractivity contribution in [1.82, 2.24) is 5.32 Å². The molecule has 2 heteroatoms. The predicted molar refractivity (Wildman–Crippen MR) is 35.9 cm³/mol. The standard InChI is InChI=1S/C7H11NO/c1-4-5(2)7(9)8-6(4)3/h4,6H,2H2,1,3H3,(H,8,9). The number of hydrogen-bond donors (Lipinski definition) is 1. The van der Waals surface area contributed by atoms with Crippen LogP contribution in [0.4, 0.5) is 0 Å². The smallest absolute Gasteiger partial charge is 0.247 e. The van der Waals surface area contributed by atoms with Gasteiger partial charge < -0.3 is 5.32 Å². The Morgan fingerprint density at radius 1 is 1.56 bits per heavy atom. The molecule has 1 aliphatic rings. The van der Waals surface area contributed by atoms with Crippen LogP contribution in [0.15, 0.2) is 12.2 Å². The topological polar surface area (TPSA) is 29.1 Å². The second kappa shape index (κ2) is 1.87. The molecule has 0 aromatic heterocycles. The number of hydrogen-bond acceptors (Lipinski definition) is 1. The molecule has 0 aromatic carbocycles. The molecule has 9 heavy (non-hydrogen) atoms. The Hall–Kier alpha value is -0.790. The molecule has 0 aromatic rings. The summed E-state index contributed by atoms with van der Waals surface area (Å²) in [6, 6.07) is 0.269. The van der Waals surface area contributed by atoms with Crippen LogP contribution in [0, 0.1) is 5.92 Å². The molecule has 1 saturated heterocycles. The van der Waals surface area contributed by atoms with Crippen molar-refractivity contribution in [2.45, 2.75) is 19.9 Å². The molecular formula is C7H11NO. The van der Waals surface area contributed by atoms with Crippen LogP contribution < -0.4 is 5.32 Å². The average Bonchev–Trinajstić information content (AvgIpc) is 1.98. The van der Waals surface area contributed by atoms with Crippen LogP contribution in [-0.4, -0.2) is 11.9 Å². The molecule has 1 amide bonds. The van der Waals surface area contributed by atoms with Crippen LogP contribution in [-0.2, 0) is 4.79 Å². The molecule has 0 spiro atoms. The summed E-state index contributed by atoms with van der Waals surface area (Å²) in [4.78, 5) is 10.8. The summed E-state index contributed by atoms with van der Waals surface area (Å²) >= 11 is 0. The minimum absolute atomic E-state index is 0.00926. The Kier molecular flexibility index (Phi) is 1.31. The largest absolute Gasteiger partial charge is 0.349 e. The van der Waals surface area contributed by atoms with Gasteiger partial charge in [-0.1, -0.05) is 13.5 Å². The number of nitrogens with one attached hydrogen (secondary N) is 1. The number of carbonyl (C=O) groups excluding carboxylic acids is 1. The van der Waals surface area contributed by atoms with Crippen LogP contribution >= 0.6 is 0 Å². The van der Waals surface area contributed by atoms with E-state index in [1.54, 1.807) is 0 Å². The van der Waals surface area contributed by atoms with Gasteiger partial charge in [-0.2, -0.15) is 0 Å². The van der Waals surface area contributed by atoms with E-state index in [0.29, 0.717) is 11.5 Å². The quantitative estimate of drug-likeness (QED) is 0.474. The zero-order valence-electron chi connectivity index (χ0n) is 5.77. The van der Waals surface area contributed by atoms with Crippen LogP contribution in [0.3, 0.4) is 0 Å². The predicted octanol–water partition coefficient (Wildman–Crippen LogP) is 0.697. The number of amides is 1. The number of carbonyl (C=O) groups is 1. The maximum absolute atomic E-state index is 10.8. The highest BCUT2D eigenvalue weighted by Gasteiger charge is 2.28. The zero-order chi connectivity index (χ0) is 7.02. The molecule has 0 bridgehead atoms. The maximum atomic E-state index is 10.8. The van der Waals surface area contributed by atoms with Gasteiger partial charge in [0.2, 0.25) is 5.91 Å². The summed E-state index contributed by atoms with van der Waals surface area (Å²) in [6.45, 7) is 7.65. The van der Waals surface area contributed by atoms with Crippen LogP contribution in [0.5, 0.6) is 0 Å². The minimum Gasteiger partial charge on any atom is -0.349 e. The van der Waals surface area contributed by atoms with Crippen molar-refractivity contribution in [1.29, 1.82) is 0 Å². The Morgan fingerprint density at radius 3 is 2.22 bits per heavy atom. The minimum atomic E-state index is 0.00926. The zero-order valence-corrected chi connectivity index (χ0v) is 5.77. The molecule has 1 N–H and O–H groups in total. The van der Waals surface area contributed by atoms with Gasteiger partial charge >= 0.3 is 0 Å². The van der Waals surface area contributed by atoms with Crippen LogP contribution in [0.1, 0.15) is 13.8 Å². The molecule has 1 aliphatic heterocycles. The summed E-state index contributed by atoms with van der Waals surface area (Å²) in [6.07, 6.45) is 0. The average molecular weight is 125 g/mol. The van der Waals surface area contributed by atoms with E-state index < -0.39 is 0 Å². The normalized spacial score (nSPS) is 34.9. The van der Waals surface area contributed by atoms with E-state index in [-0.39, 0.29) is 11.9 Å². The Bertz CT molecular complexity index is 162. The highest BCUT2D eigenvalue weighted by molar-refractivity contribution is 5.96. The molecule has 2 atom stereocenters. The maximum Gasteiger partial charge on any atom is 0.247 e. The SMILES string of the molecule is C=C1C(=O)NC(C)C1C. The van der Waals surface area contributed by atoms with Gasteiger partial charge in [-0.25, -0.2) is 0 Å². The fraction of sp³-hybridized carbons (Fsp3) is 0.571. The van der Waals surface area contributed by atoms with E-state index in [1.165, 1.54) is 0 Å². The molecule has 1 rings (SSSR count). The van der Waals surface area contributed by atoms with E-state index in [0.717, 1.165) is 0 Å². The van der Waals surface area contributed by atoms with Gasteiger partial charge in [0.1, 0.15) is 0 Å². The summed E-state index contributed by atoms with van der Waals surface area (Å²) in [5.74, 6) is 0.312. The van der Waals surface area contributed by atoms with Gasteiger partial charge in [-0.15, -0.1) is 0 Å². The Balaban J connectivity index is 2.77. The molecular weight excluding hydrogens is 114 g/mol. The van der Waals surface area contributed by atoms with Gasteiger partial charge in [0.15, 0.2) is 0 Å². The van der Waals surface area contributed by atoms with Crippen molar-refractivity contribution in [2.75, 3.05) is 0 Å². The van der Waals surface area contributed by atoms with E-state index in [1.807, 2.05) is 13.8 Å². The first-order valence-electron chi connectivity index (χ1n) is 3.12. The van der Waals surface area contributed by atoms with Gasteiger partial charge in [-0.05, 0) is 6.92 Å². The molecule has 1 fully saturated rings. The molecule has 0 aliphatic carbocycles. The highest BCUT2D eigenvalue weighted by Crippen LogP contribution is 2.19. The first kappa shape index (κ1) is 6.33. The van der Waals surface area contributed by atoms with E-state index in [9.17, 15) is 4.79 Å². The van der Waals surface area contributed by atoms with Crippen molar-refractivity contribution >= 4 is 5.91 Å². The fourth-order valence-corrected chi connectivity index (χ4v) is 0.933. The molecule has 1 heterocycles. The van der Waals surface area contributed by atoms with E-state index >= 15 is 0 Å². The lowest BCUT2D eigenvalue weighted by atomic mass is 10.0. The van der Waals surface area contributed by atoms with E-state index in [2.05, 4.69) is 11.9 Å². The molecule has 0 radical (unpaired) electrons. The van der Waals surface area contributed by atoms with Crippen molar-refractivity contribution in [2.24, 2.45) is 5.92 Å². The van der Waals surface area contributed by atoms with Gasteiger partial charge in [0, 0.05) is 17.5 Å². The third-order valence-corrected chi connectivity index (χ3v) is 1.95. The second-order valence-corrected chi connectivity index (χ2v) is 2.58. The van der Waals surface area contributed by atoms with Crippen molar-refractivity contribution in [3.63, 3.8) is 0 Å². The van der Waals surface area contributed by atoms with Gasteiger partial charge in [-0.3, -0.25) is 4.79 Å². The third kappa shape index (κ3) is 0.846. The fourth-order valence-electron chi connectivity index (χ4n) is 0.933. The van der Waals surface area contributed by atoms with Gasteiger partial charge in [0.05, 0.1) is 0 Å². The first-order chi connectivity index (χ1) is 4.13. The molecule has 50 valence electrons. The summed E-state index contributed by atoms with van der Waals surface area (Å²) in [5.41, 5.74) is 0.711. The van der Waals surface area contributed by atoms with Crippen LogP contribution in [0.25, 0.3) is 0 Å². The highest BCUT2D eigenvalue weighted by atomic mass is 16.2.